The third kappa shape index (κ3) is 7.20. The highest BCUT2D eigenvalue weighted by molar-refractivity contribution is 6.32. The molecule has 2 aliphatic heterocycles. The number of halogens is 3. The van der Waals surface area contributed by atoms with Crippen LogP contribution in [0.25, 0.3) is 5.57 Å². The molecular formula is C35H39ClF2N4O4. The molecule has 6 rings (SSSR count). The average molecular weight is 653 g/mol. The first kappa shape index (κ1) is 32.4. The highest BCUT2D eigenvalue weighted by atomic mass is 35.5. The largest absolute Gasteiger partial charge is 0.489 e. The number of hydrogen-bond donors (Lipinski definition) is 4. The van der Waals surface area contributed by atoms with Crippen molar-refractivity contribution in [3.05, 3.63) is 93.1 Å². The van der Waals surface area contributed by atoms with Gasteiger partial charge in [0.2, 0.25) is 11.8 Å². The Morgan fingerprint density at radius 1 is 1.09 bits per heavy atom. The topological polar surface area (TPSA) is 105 Å². The summed E-state index contributed by atoms with van der Waals surface area (Å²) in [5.74, 6) is -0.944. The standard InChI is InChI=1S/C35H39ClF2N4O4/c1-20-25(12-13-40-35(20)46-16-14-43)32(23-8-9-23)42-34(44)30-26(17-24-18-39-19-29(30)41-24)22-6-4-21(5-7-22)3-2-15-45-33-28(38)11-10-27(37)31(33)36/h4-7,10-13,23-24,29,32,39,41,43H,2-3,8-9,14-19H2,1H3,(H,42,44)/t24?,29-,32?/m1/s1. The fourth-order valence-corrected chi connectivity index (χ4v) is 6.68. The van der Waals surface area contributed by atoms with E-state index in [9.17, 15) is 18.7 Å². The molecule has 2 unspecified atom stereocenters. The number of fused-ring (bicyclic) bond motifs is 2. The van der Waals surface area contributed by atoms with Gasteiger partial charge in [-0.3, -0.25) is 4.79 Å². The Morgan fingerprint density at radius 3 is 2.63 bits per heavy atom. The van der Waals surface area contributed by atoms with Gasteiger partial charge in [0.1, 0.15) is 17.4 Å². The van der Waals surface area contributed by atoms with Gasteiger partial charge in [0.05, 0.1) is 25.3 Å². The summed E-state index contributed by atoms with van der Waals surface area (Å²) in [5.41, 5.74) is 5.75. The van der Waals surface area contributed by atoms with Gasteiger partial charge in [-0.2, -0.15) is 0 Å². The molecule has 2 aromatic carbocycles. The van der Waals surface area contributed by atoms with Crippen molar-refractivity contribution in [1.29, 1.82) is 0 Å². The molecule has 3 aliphatic rings. The molecule has 1 aromatic heterocycles. The van der Waals surface area contributed by atoms with E-state index in [2.05, 4.69) is 33.1 Å². The summed E-state index contributed by atoms with van der Waals surface area (Å²) in [5, 5.41) is 19.4. The number of aliphatic hydroxyl groups is 1. The summed E-state index contributed by atoms with van der Waals surface area (Å²) < 4.78 is 38.8. The number of carbonyl (C=O) groups is 1. The first-order valence-corrected chi connectivity index (χ1v) is 16.3. The third-order valence-electron chi connectivity index (χ3n) is 8.95. The van der Waals surface area contributed by atoms with Crippen molar-refractivity contribution in [1.82, 2.24) is 20.9 Å². The highest BCUT2D eigenvalue weighted by Gasteiger charge is 2.39. The molecule has 0 spiro atoms. The van der Waals surface area contributed by atoms with Crippen LogP contribution in [0.3, 0.4) is 0 Å². The number of rotatable bonds is 13. The van der Waals surface area contributed by atoms with Crippen LogP contribution in [0.2, 0.25) is 5.02 Å². The normalized spacial score (nSPS) is 19.9. The zero-order valence-corrected chi connectivity index (χ0v) is 26.5. The number of amides is 1. The molecule has 2 bridgehead atoms. The molecule has 11 heteroatoms. The van der Waals surface area contributed by atoms with Crippen LogP contribution in [0, 0.1) is 24.5 Å². The van der Waals surface area contributed by atoms with Crippen LogP contribution < -0.4 is 25.4 Å². The minimum atomic E-state index is -0.720. The van der Waals surface area contributed by atoms with Gasteiger partial charge in [-0.25, -0.2) is 13.8 Å². The van der Waals surface area contributed by atoms with E-state index in [0.717, 1.165) is 71.3 Å². The lowest BCUT2D eigenvalue weighted by Gasteiger charge is -2.40. The van der Waals surface area contributed by atoms with Crippen LogP contribution in [0.5, 0.6) is 11.6 Å². The van der Waals surface area contributed by atoms with Gasteiger partial charge >= 0.3 is 0 Å². The number of nitrogens with one attached hydrogen (secondary N) is 3. The summed E-state index contributed by atoms with van der Waals surface area (Å²) in [6, 6.07) is 12.1. The molecule has 8 nitrogen and oxygen atoms in total. The maximum atomic E-state index is 14.2. The minimum absolute atomic E-state index is 0.0787. The number of aryl methyl sites for hydroxylation is 1. The van der Waals surface area contributed by atoms with Crippen LogP contribution in [0.1, 0.15) is 54.0 Å². The fourth-order valence-electron chi connectivity index (χ4n) is 6.47. The first-order chi connectivity index (χ1) is 22.3. The molecule has 46 heavy (non-hydrogen) atoms. The maximum absolute atomic E-state index is 14.2. The summed E-state index contributed by atoms with van der Waals surface area (Å²) in [4.78, 5) is 18.5. The molecule has 3 atom stereocenters. The molecule has 4 N–H and O–H groups in total. The number of benzene rings is 2. The lowest BCUT2D eigenvalue weighted by Crippen LogP contribution is -2.59. The highest BCUT2D eigenvalue weighted by Crippen LogP contribution is 2.43. The quantitative estimate of drug-likeness (QED) is 0.151. The second-order valence-corrected chi connectivity index (χ2v) is 12.6. The monoisotopic (exact) mass is 652 g/mol. The van der Waals surface area contributed by atoms with E-state index in [0.29, 0.717) is 31.2 Å². The van der Waals surface area contributed by atoms with Crippen molar-refractivity contribution in [3.8, 4) is 11.6 Å². The Morgan fingerprint density at radius 2 is 1.87 bits per heavy atom. The molecule has 3 heterocycles. The Kier molecular flexibility index (Phi) is 10.2. The lowest BCUT2D eigenvalue weighted by atomic mass is 9.83. The van der Waals surface area contributed by atoms with Crippen molar-refractivity contribution in [2.24, 2.45) is 5.92 Å². The van der Waals surface area contributed by atoms with Gasteiger partial charge in [0.25, 0.3) is 0 Å². The number of piperazine rings is 1. The smallest absolute Gasteiger partial charge is 0.249 e. The van der Waals surface area contributed by atoms with Crippen LogP contribution in [-0.2, 0) is 11.2 Å². The summed E-state index contributed by atoms with van der Waals surface area (Å²) >= 11 is 5.87. The van der Waals surface area contributed by atoms with E-state index in [1.54, 1.807) is 6.20 Å². The molecule has 3 aromatic rings. The minimum Gasteiger partial charge on any atom is -0.489 e. The molecule has 2 fully saturated rings. The maximum Gasteiger partial charge on any atom is 0.249 e. The predicted molar refractivity (Wildman–Crippen MR) is 172 cm³/mol. The number of nitrogens with zero attached hydrogens (tertiary/aromatic N) is 1. The van der Waals surface area contributed by atoms with E-state index in [1.165, 1.54) is 0 Å². The summed E-state index contributed by atoms with van der Waals surface area (Å²) in [6.45, 7) is 3.69. The summed E-state index contributed by atoms with van der Waals surface area (Å²) in [7, 11) is 0. The first-order valence-electron chi connectivity index (χ1n) is 15.9. The number of carbonyl (C=O) groups excluding carboxylic acids is 1. The van der Waals surface area contributed by atoms with E-state index in [4.69, 9.17) is 21.1 Å². The van der Waals surface area contributed by atoms with Gasteiger partial charge in [-0.1, -0.05) is 35.9 Å². The van der Waals surface area contributed by atoms with Gasteiger partial charge < -0.3 is 30.5 Å². The van der Waals surface area contributed by atoms with E-state index in [-0.39, 0.29) is 54.6 Å². The number of ether oxygens (including phenoxy) is 2. The zero-order valence-electron chi connectivity index (χ0n) is 25.8. The molecular weight excluding hydrogens is 614 g/mol. The number of aromatic nitrogens is 1. The van der Waals surface area contributed by atoms with Crippen molar-refractivity contribution >= 4 is 23.1 Å². The molecule has 1 saturated heterocycles. The van der Waals surface area contributed by atoms with Gasteiger partial charge in [0, 0.05) is 36.5 Å². The molecule has 0 radical (unpaired) electrons. The number of pyridine rings is 1. The van der Waals surface area contributed by atoms with Crippen molar-refractivity contribution in [3.63, 3.8) is 0 Å². The van der Waals surface area contributed by atoms with E-state index in [1.807, 2.05) is 25.1 Å². The van der Waals surface area contributed by atoms with Crippen molar-refractivity contribution in [2.75, 3.05) is 32.9 Å². The SMILES string of the molecule is Cc1c(C(NC(=O)C2=C(c3ccc(CCCOc4c(F)ccc(F)c4Cl)cc3)CC3CNC[C@H]2N3)C2CC2)ccnc1OCCO. The lowest BCUT2D eigenvalue weighted by molar-refractivity contribution is -0.118. The summed E-state index contributed by atoms with van der Waals surface area (Å²) in [6.07, 6.45) is 5.76. The Bertz CT molecular complexity index is 1600. The van der Waals surface area contributed by atoms with Crippen LogP contribution >= 0.6 is 11.6 Å². The van der Waals surface area contributed by atoms with Crippen LogP contribution in [0.15, 0.2) is 54.2 Å². The molecule has 1 aliphatic carbocycles. The second-order valence-electron chi connectivity index (χ2n) is 12.2. The molecule has 244 valence electrons. The molecule has 1 amide bonds. The van der Waals surface area contributed by atoms with Crippen LogP contribution in [0.4, 0.5) is 8.78 Å². The van der Waals surface area contributed by atoms with E-state index < -0.39 is 11.6 Å². The van der Waals surface area contributed by atoms with E-state index >= 15 is 0 Å². The van der Waals surface area contributed by atoms with Gasteiger partial charge in [-0.15, -0.1) is 0 Å². The van der Waals surface area contributed by atoms with Gasteiger partial charge in [0.15, 0.2) is 11.6 Å². The number of hydrogen-bond acceptors (Lipinski definition) is 7. The zero-order chi connectivity index (χ0) is 32.2. The average Bonchev–Trinajstić information content (AvgIpc) is 3.90. The van der Waals surface area contributed by atoms with Crippen LogP contribution in [-0.4, -0.2) is 61.0 Å². The molecule has 1 saturated carbocycles. The second kappa shape index (κ2) is 14.5. The Hall–Kier alpha value is -3.57. The number of aliphatic hydroxyl groups excluding tert-OH is 1. The van der Waals surface area contributed by atoms with Gasteiger partial charge in [-0.05, 0) is 85.4 Å². The Labute approximate surface area is 272 Å². The third-order valence-corrected chi connectivity index (χ3v) is 9.30. The predicted octanol–water partition coefficient (Wildman–Crippen LogP) is 5.06. The Balaban J connectivity index is 1.18. The van der Waals surface area contributed by atoms with Crippen molar-refractivity contribution < 1.29 is 28.2 Å². The fraction of sp³-hybridized carbons (Fsp3) is 0.429. The van der Waals surface area contributed by atoms with Crippen molar-refractivity contribution in [2.45, 2.75) is 57.2 Å².